The smallest absolute Gasteiger partial charge is 0.408 e. The normalized spacial score (nSPS) is 29.8. The zero-order valence-electron chi connectivity index (χ0n) is 31.3. The molecule has 0 bridgehead atoms. The van der Waals surface area contributed by atoms with Crippen LogP contribution in [0.25, 0.3) is 10.9 Å². The van der Waals surface area contributed by atoms with Crippen molar-refractivity contribution in [3.05, 3.63) is 47.7 Å². The Morgan fingerprint density at radius 3 is 2.57 bits per heavy atom. The Bertz CT molecular complexity index is 1990. The minimum absolute atomic E-state index is 0.0669. The number of hydrogen-bond acceptors (Lipinski definition) is 9. The predicted molar refractivity (Wildman–Crippen MR) is 197 cm³/mol. The molecule has 5 atom stereocenters. The van der Waals surface area contributed by atoms with Gasteiger partial charge in [-0.2, -0.15) is 0 Å². The molecule has 0 radical (unpaired) electrons. The molecule has 5 aliphatic rings. The number of alkyl carbamates (subject to hydrolysis) is 1. The van der Waals surface area contributed by atoms with Gasteiger partial charge in [0, 0.05) is 23.3 Å². The molecule has 14 heteroatoms. The van der Waals surface area contributed by atoms with Crippen LogP contribution >= 0.6 is 0 Å². The van der Waals surface area contributed by atoms with Crippen LogP contribution in [0.5, 0.6) is 5.75 Å². The maximum Gasteiger partial charge on any atom is 0.408 e. The van der Waals surface area contributed by atoms with Crippen LogP contribution in [0.4, 0.5) is 4.79 Å². The third-order valence-corrected chi connectivity index (χ3v) is 13.7. The molecule has 1 aromatic heterocycles. The second kappa shape index (κ2) is 13.3. The maximum absolute atomic E-state index is 14.7. The van der Waals surface area contributed by atoms with Crippen molar-refractivity contribution >= 4 is 44.7 Å². The van der Waals surface area contributed by atoms with Crippen LogP contribution in [0, 0.1) is 12.8 Å². The van der Waals surface area contributed by atoms with Gasteiger partial charge >= 0.3 is 6.09 Å². The molecule has 3 fully saturated rings. The summed E-state index contributed by atoms with van der Waals surface area (Å²) >= 11 is 0. The lowest BCUT2D eigenvalue weighted by atomic mass is 9.87. The number of rotatable bonds is 4. The van der Waals surface area contributed by atoms with E-state index in [9.17, 15) is 27.6 Å². The van der Waals surface area contributed by atoms with Gasteiger partial charge in [-0.3, -0.25) is 19.1 Å². The van der Waals surface area contributed by atoms with Crippen LogP contribution in [0.1, 0.15) is 103 Å². The number of carbonyl (C=O) groups excluding carboxylic acids is 4. The fraction of sp³-hybridized carbons (Fsp3) is 0.615. The fourth-order valence-corrected chi connectivity index (χ4v) is 9.40. The molecular formula is C39H51N5O8S. The minimum Gasteiger partial charge on any atom is -0.483 e. The van der Waals surface area contributed by atoms with E-state index in [-0.39, 0.29) is 19.4 Å². The van der Waals surface area contributed by atoms with Crippen LogP contribution in [-0.4, -0.2) is 82.2 Å². The van der Waals surface area contributed by atoms with Gasteiger partial charge in [0.25, 0.3) is 5.91 Å². The van der Waals surface area contributed by atoms with Crippen molar-refractivity contribution in [1.29, 1.82) is 0 Å². The Morgan fingerprint density at radius 1 is 1.08 bits per heavy atom. The van der Waals surface area contributed by atoms with E-state index in [1.165, 1.54) is 4.90 Å². The largest absolute Gasteiger partial charge is 0.483 e. The highest BCUT2D eigenvalue weighted by Crippen LogP contribution is 2.49. The Kier molecular flexibility index (Phi) is 9.30. The first-order chi connectivity index (χ1) is 24.9. The Hall–Kier alpha value is -4.20. The zero-order chi connectivity index (χ0) is 38.0. The van der Waals surface area contributed by atoms with E-state index in [4.69, 9.17) is 14.5 Å². The first-order valence-corrected chi connectivity index (χ1v) is 20.4. The van der Waals surface area contributed by atoms with Gasteiger partial charge in [0.15, 0.2) is 0 Å². The summed E-state index contributed by atoms with van der Waals surface area (Å²) < 4.78 is 40.0. The number of ether oxygens (including phenoxy) is 2. The summed E-state index contributed by atoms with van der Waals surface area (Å²) in [5.41, 5.74) is -0.650. The summed E-state index contributed by atoms with van der Waals surface area (Å²) in [5.74, 6) is -1.58. The molecule has 4 heterocycles. The standard InChI is InChI=1S/C39H51N5O8S/c1-24-31-27(26-14-11-12-15-28(26)40-24)17-18-38(51-31)22-30-32(45)42-39(34(47)43-53(49,50)37(5)19-20-37)21-25(39)13-9-7-6-8-10-16-29(33(46)44(30)23-38)41-35(48)52-36(2,3)4/h9,11-15,25,29-30H,6-8,10,16-23H2,1-5H3,(H,41,48)(H,42,45)(H,43,47). The first-order valence-electron chi connectivity index (χ1n) is 18.9. The molecule has 7 rings (SSSR count). The van der Waals surface area contributed by atoms with E-state index in [0.717, 1.165) is 29.3 Å². The van der Waals surface area contributed by atoms with Crippen molar-refractivity contribution in [3.63, 3.8) is 0 Å². The molecule has 13 nitrogen and oxygen atoms in total. The van der Waals surface area contributed by atoms with Gasteiger partial charge in [0.2, 0.25) is 21.8 Å². The summed E-state index contributed by atoms with van der Waals surface area (Å²) in [5, 5.41) is 6.72. The number of aromatic nitrogens is 1. The molecule has 286 valence electrons. The maximum atomic E-state index is 14.7. The second-order valence-corrected chi connectivity index (χ2v) is 19.1. The lowest BCUT2D eigenvalue weighted by Gasteiger charge is -2.36. The van der Waals surface area contributed by atoms with Gasteiger partial charge in [0.1, 0.15) is 34.6 Å². The van der Waals surface area contributed by atoms with E-state index in [1.54, 1.807) is 27.7 Å². The average Bonchev–Trinajstić information content (AvgIpc) is 3.97. The summed E-state index contributed by atoms with van der Waals surface area (Å²) in [6, 6.07) is 5.82. The molecule has 5 unspecified atom stereocenters. The molecule has 1 spiro atoms. The van der Waals surface area contributed by atoms with E-state index in [2.05, 4.69) is 15.4 Å². The van der Waals surface area contributed by atoms with E-state index < -0.39 is 73.3 Å². The number of carbonyl (C=O) groups is 4. The van der Waals surface area contributed by atoms with E-state index in [0.29, 0.717) is 56.4 Å². The highest BCUT2D eigenvalue weighted by molar-refractivity contribution is 7.91. The van der Waals surface area contributed by atoms with Crippen LogP contribution in [0.3, 0.4) is 0 Å². The molecule has 1 aromatic carbocycles. The number of benzene rings is 1. The molecule has 4 amide bonds. The second-order valence-electron chi connectivity index (χ2n) is 16.9. The summed E-state index contributed by atoms with van der Waals surface area (Å²) in [6.07, 6.45) is 8.79. The number of para-hydroxylation sites is 1. The van der Waals surface area contributed by atoms with Crippen molar-refractivity contribution in [2.24, 2.45) is 5.92 Å². The van der Waals surface area contributed by atoms with Crippen LogP contribution < -0.4 is 20.1 Å². The van der Waals surface area contributed by atoms with Gasteiger partial charge in [0.05, 0.1) is 22.5 Å². The SMILES string of the molecule is Cc1nc2ccccc2c2c1OC1(CC2)CC2C(=O)NC3(C(=O)NS(=O)(=O)C4(C)CC4)CC3C=CCCCCCC(NC(=O)OC(C)(C)C)C(=O)N2C1. The number of pyridine rings is 1. The molecule has 2 aromatic rings. The van der Waals surface area contributed by atoms with Crippen molar-refractivity contribution in [2.45, 2.75) is 139 Å². The van der Waals surface area contributed by atoms with Crippen molar-refractivity contribution < 1.29 is 37.1 Å². The topological polar surface area (TPSA) is 173 Å². The molecule has 1 saturated heterocycles. The molecule has 3 N–H and O–H groups in total. The Labute approximate surface area is 311 Å². The molecule has 53 heavy (non-hydrogen) atoms. The third-order valence-electron chi connectivity index (χ3n) is 11.6. The average molecular weight is 750 g/mol. The quantitative estimate of drug-likeness (QED) is 0.381. The van der Waals surface area contributed by atoms with E-state index in [1.807, 2.05) is 43.3 Å². The summed E-state index contributed by atoms with van der Waals surface area (Å²) in [7, 11) is -3.98. The fourth-order valence-electron chi connectivity index (χ4n) is 8.09. The van der Waals surface area contributed by atoms with Gasteiger partial charge < -0.3 is 25.0 Å². The van der Waals surface area contributed by atoms with Crippen LogP contribution in [0.2, 0.25) is 0 Å². The molecule has 2 aliphatic carbocycles. The number of sulfonamides is 1. The summed E-state index contributed by atoms with van der Waals surface area (Å²) in [6.45, 7) is 8.79. The van der Waals surface area contributed by atoms with Crippen molar-refractivity contribution in [3.8, 4) is 5.75 Å². The van der Waals surface area contributed by atoms with Gasteiger partial charge in [-0.05, 0) is 92.1 Å². The number of fused-ring (bicyclic) bond motifs is 5. The van der Waals surface area contributed by atoms with Crippen LogP contribution in [-0.2, 0) is 35.6 Å². The van der Waals surface area contributed by atoms with Gasteiger partial charge in [-0.15, -0.1) is 0 Å². The number of nitrogens with zero attached hydrogens (tertiary/aromatic N) is 2. The molecule has 3 aliphatic heterocycles. The predicted octanol–water partition coefficient (Wildman–Crippen LogP) is 4.49. The summed E-state index contributed by atoms with van der Waals surface area (Å²) in [4.78, 5) is 62.5. The number of allylic oxidation sites excluding steroid dienone is 1. The van der Waals surface area contributed by atoms with Crippen molar-refractivity contribution in [2.75, 3.05) is 6.54 Å². The molecular weight excluding hydrogens is 699 g/mol. The number of aryl methyl sites for hydroxylation is 2. The highest BCUT2D eigenvalue weighted by Gasteiger charge is 2.64. The zero-order valence-corrected chi connectivity index (χ0v) is 32.1. The number of amides is 4. The monoisotopic (exact) mass is 749 g/mol. The lowest BCUT2D eigenvalue weighted by Crippen LogP contribution is -2.58. The number of hydrogen-bond donors (Lipinski definition) is 3. The van der Waals surface area contributed by atoms with Crippen LogP contribution in [0.15, 0.2) is 36.4 Å². The number of nitrogens with one attached hydrogen (secondary N) is 3. The molecule has 2 saturated carbocycles. The lowest BCUT2D eigenvalue weighted by molar-refractivity contribution is -0.141. The van der Waals surface area contributed by atoms with Gasteiger partial charge in [-0.1, -0.05) is 43.2 Å². The Morgan fingerprint density at radius 2 is 1.83 bits per heavy atom. The van der Waals surface area contributed by atoms with E-state index >= 15 is 0 Å². The minimum atomic E-state index is -3.98. The van der Waals surface area contributed by atoms with Gasteiger partial charge in [-0.25, -0.2) is 18.2 Å². The third kappa shape index (κ3) is 7.23. The Balaban J connectivity index is 1.23. The van der Waals surface area contributed by atoms with Crippen molar-refractivity contribution in [1.82, 2.24) is 25.2 Å². The highest BCUT2D eigenvalue weighted by atomic mass is 32.2. The first kappa shape index (κ1) is 37.1.